The molecule has 0 amide bonds. The second-order valence-corrected chi connectivity index (χ2v) is 7.40. The van der Waals surface area contributed by atoms with Gasteiger partial charge in [0.25, 0.3) is 0 Å². The number of aliphatic hydroxyl groups is 1. The topological polar surface area (TPSA) is 20.2 Å². The van der Waals surface area contributed by atoms with E-state index in [0.29, 0.717) is 11.5 Å². The lowest BCUT2D eigenvalue weighted by Crippen LogP contribution is -2.51. The van der Waals surface area contributed by atoms with E-state index in [-0.39, 0.29) is 16.6 Å². The summed E-state index contributed by atoms with van der Waals surface area (Å²) in [6.45, 7) is 8.20. The van der Waals surface area contributed by atoms with E-state index in [1.165, 1.54) is 6.42 Å². The Kier molecular flexibility index (Phi) is 2.49. The summed E-state index contributed by atoms with van der Waals surface area (Å²) < 4.78 is 13.9. The first-order chi connectivity index (χ1) is 8.72. The molecule has 2 saturated carbocycles. The van der Waals surface area contributed by atoms with Crippen LogP contribution in [0.1, 0.15) is 51.2 Å². The number of halogens is 1. The van der Waals surface area contributed by atoms with Gasteiger partial charge < -0.3 is 5.11 Å². The molecule has 0 aromatic heterocycles. The summed E-state index contributed by atoms with van der Waals surface area (Å²) in [5.74, 6) is 0.319. The molecule has 0 heterocycles. The average Bonchev–Trinajstić information content (AvgIpc) is 2.80. The molecule has 2 fully saturated rings. The molecule has 3 unspecified atom stereocenters. The van der Waals surface area contributed by atoms with Crippen LogP contribution < -0.4 is 0 Å². The Morgan fingerprint density at radius 1 is 1.26 bits per heavy atom. The molecule has 3 atom stereocenters. The smallest absolute Gasteiger partial charge is 0.126 e. The summed E-state index contributed by atoms with van der Waals surface area (Å²) in [4.78, 5) is 0. The molecule has 3 rings (SSSR count). The van der Waals surface area contributed by atoms with Gasteiger partial charge in [0.05, 0.1) is 0 Å². The van der Waals surface area contributed by atoms with Crippen molar-refractivity contribution in [1.29, 1.82) is 0 Å². The van der Waals surface area contributed by atoms with Crippen LogP contribution in [0, 0.1) is 29.5 Å². The standard InChI is InChI=1S/C17H23FO/c1-11-5-6-12(9-14(11)18)17(19)15(2,3)13-7-8-16(17,4)10-13/h5-6,9,13,19H,7-8,10H2,1-4H3. The van der Waals surface area contributed by atoms with Crippen LogP contribution in [0.2, 0.25) is 0 Å². The van der Waals surface area contributed by atoms with Crippen molar-refractivity contribution in [3.05, 3.63) is 35.1 Å². The van der Waals surface area contributed by atoms with E-state index in [9.17, 15) is 9.50 Å². The molecule has 0 radical (unpaired) electrons. The quantitative estimate of drug-likeness (QED) is 0.805. The summed E-state index contributed by atoms with van der Waals surface area (Å²) in [6.07, 6.45) is 3.26. The highest BCUT2D eigenvalue weighted by molar-refractivity contribution is 5.35. The zero-order valence-electron chi connectivity index (χ0n) is 12.3. The lowest BCUT2D eigenvalue weighted by atomic mass is 9.58. The molecule has 19 heavy (non-hydrogen) atoms. The maximum atomic E-state index is 13.9. The van der Waals surface area contributed by atoms with Crippen molar-refractivity contribution in [3.8, 4) is 0 Å². The van der Waals surface area contributed by atoms with Crippen LogP contribution in [0.3, 0.4) is 0 Å². The van der Waals surface area contributed by atoms with E-state index in [4.69, 9.17) is 0 Å². The van der Waals surface area contributed by atoms with Crippen LogP contribution >= 0.6 is 0 Å². The number of rotatable bonds is 1. The van der Waals surface area contributed by atoms with Gasteiger partial charge in [0, 0.05) is 10.8 Å². The number of aryl methyl sites for hydroxylation is 1. The van der Waals surface area contributed by atoms with Crippen molar-refractivity contribution < 1.29 is 9.50 Å². The normalized spacial score (nSPS) is 39.8. The molecule has 1 aromatic rings. The van der Waals surface area contributed by atoms with Gasteiger partial charge in [0.15, 0.2) is 0 Å². The predicted octanol–water partition coefficient (Wildman–Crippen LogP) is 4.17. The third-order valence-corrected chi connectivity index (χ3v) is 6.16. The number of benzene rings is 1. The van der Waals surface area contributed by atoms with Crippen molar-refractivity contribution in [1.82, 2.24) is 0 Å². The van der Waals surface area contributed by atoms with Crippen LogP contribution in [-0.2, 0) is 5.60 Å². The lowest BCUT2D eigenvalue weighted by Gasteiger charge is -2.51. The van der Waals surface area contributed by atoms with Crippen LogP contribution in [0.5, 0.6) is 0 Å². The molecule has 2 bridgehead atoms. The molecule has 2 aliphatic carbocycles. The Balaban J connectivity index is 2.18. The van der Waals surface area contributed by atoms with Crippen molar-refractivity contribution >= 4 is 0 Å². The minimum absolute atomic E-state index is 0.122. The average molecular weight is 262 g/mol. The van der Waals surface area contributed by atoms with Crippen LogP contribution in [-0.4, -0.2) is 5.11 Å². The van der Waals surface area contributed by atoms with Gasteiger partial charge in [-0.25, -0.2) is 4.39 Å². The molecular weight excluding hydrogens is 239 g/mol. The third-order valence-electron chi connectivity index (χ3n) is 6.16. The molecule has 2 aliphatic rings. The highest BCUT2D eigenvalue weighted by atomic mass is 19.1. The Morgan fingerprint density at radius 3 is 2.47 bits per heavy atom. The molecule has 1 aromatic carbocycles. The van der Waals surface area contributed by atoms with Gasteiger partial charge in [-0.15, -0.1) is 0 Å². The fraction of sp³-hybridized carbons (Fsp3) is 0.647. The molecule has 0 saturated heterocycles. The first-order valence-corrected chi connectivity index (χ1v) is 7.21. The summed E-state index contributed by atoms with van der Waals surface area (Å²) in [5.41, 5.74) is 0.158. The Hall–Kier alpha value is -0.890. The van der Waals surface area contributed by atoms with Crippen molar-refractivity contribution in [2.45, 2.75) is 52.6 Å². The molecule has 1 nitrogen and oxygen atoms in total. The van der Waals surface area contributed by atoms with Crippen molar-refractivity contribution in [3.63, 3.8) is 0 Å². The van der Waals surface area contributed by atoms with Gasteiger partial charge in [-0.05, 0) is 49.3 Å². The zero-order chi connectivity index (χ0) is 14.1. The number of hydrogen-bond donors (Lipinski definition) is 1. The monoisotopic (exact) mass is 262 g/mol. The van der Waals surface area contributed by atoms with Gasteiger partial charge in [-0.2, -0.15) is 0 Å². The first kappa shape index (κ1) is 13.1. The molecular formula is C17H23FO. The summed E-state index contributed by atoms with van der Waals surface area (Å²) >= 11 is 0. The number of hydrogen-bond acceptors (Lipinski definition) is 1. The molecule has 0 spiro atoms. The molecule has 104 valence electrons. The van der Waals surface area contributed by atoms with Crippen LogP contribution in [0.15, 0.2) is 18.2 Å². The summed E-state index contributed by atoms with van der Waals surface area (Å²) in [6, 6.07) is 5.24. The maximum Gasteiger partial charge on any atom is 0.126 e. The third kappa shape index (κ3) is 1.38. The van der Waals surface area contributed by atoms with Gasteiger partial charge in [0.1, 0.15) is 11.4 Å². The van der Waals surface area contributed by atoms with Crippen LogP contribution in [0.4, 0.5) is 4.39 Å². The minimum Gasteiger partial charge on any atom is -0.384 e. The Bertz CT molecular complexity index is 529. The van der Waals surface area contributed by atoms with Gasteiger partial charge >= 0.3 is 0 Å². The highest BCUT2D eigenvalue weighted by Crippen LogP contribution is 2.71. The number of fused-ring (bicyclic) bond motifs is 2. The van der Waals surface area contributed by atoms with Gasteiger partial charge in [-0.3, -0.25) is 0 Å². The van der Waals surface area contributed by atoms with E-state index in [0.717, 1.165) is 18.4 Å². The lowest BCUT2D eigenvalue weighted by molar-refractivity contribution is -0.150. The van der Waals surface area contributed by atoms with Crippen LogP contribution in [0.25, 0.3) is 0 Å². The highest BCUT2D eigenvalue weighted by Gasteiger charge is 2.68. The Morgan fingerprint density at radius 2 is 1.95 bits per heavy atom. The van der Waals surface area contributed by atoms with E-state index >= 15 is 0 Å². The fourth-order valence-corrected chi connectivity index (χ4v) is 4.80. The zero-order valence-corrected chi connectivity index (χ0v) is 12.3. The second-order valence-electron chi connectivity index (χ2n) is 7.40. The molecule has 0 aliphatic heterocycles. The van der Waals surface area contributed by atoms with Crippen molar-refractivity contribution in [2.75, 3.05) is 0 Å². The fourth-order valence-electron chi connectivity index (χ4n) is 4.80. The predicted molar refractivity (Wildman–Crippen MR) is 74.3 cm³/mol. The second kappa shape index (κ2) is 3.60. The SMILES string of the molecule is Cc1ccc(C2(O)C3(C)CCC(C3)C2(C)C)cc1F. The largest absolute Gasteiger partial charge is 0.384 e. The first-order valence-electron chi connectivity index (χ1n) is 7.21. The van der Waals surface area contributed by atoms with E-state index in [2.05, 4.69) is 20.8 Å². The van der Waals surface area contributed by atoms with E-state index < -0.39 is 5.60 Å². The van der Waals surface area contributed by atoms with Crippen molar-refractivity contribution in [2.24, 2.45) is 16.7 Å². The maximum absolute atomic E-state index is 13.9. The minimum atomic E-state index is -0.919. The summed E-state index contributed by atoms with van der Waals surface area (Å²) in [7, 11) is 0. The van der Waals surface area contributed by atoms with Gasteiger partial charge in [0.2, 0.25) is 0 Å². The summed E-state index contributed by atoms with van der Waals surface area (Å²) in [5, 5.41) is 11.5. The van der Waals surface area contributed by atoms with E-state index in [1.807, 2.05) is 6.07 Å². The molecule has 2 heteroatoms. The van der Waals surface area contributed by atoms with E-state index in [1.54, 1.807) is 19.1 Å². The molecule has 1 N–H and O–H groups in total. The Labute approximate surface area is 114 Å². The van der Waals surface area contributed by atoms with Gasteiger partial charge in [-0.1, -0.05) is 32.9 Å².